The van der Waals surface area contributed by atoms with Gasteiger partial charge in [-0.2, -0.15) is 0 Å². The van der Waals surface area contributed by atoms with Crippen LogP contribution < -0.4 is 4.74 Å². The number of allylic oxidation sites excluding steroid dienone is 1. The van der Waals surface area contributed by atoms with E-state index >= 15 is 0 Å². The summed E-state index contributed by atoms with van der Waals surface area (Å²) in [5.74, 6) is 0.537. The van der Waals surface area contributed by atoms with Crippen molar-refractivity contribution < 1.29 is 23.4 Å². The average Bonchev–Trinajstić information content (AvgIpc) is 2.94. The topological polar surface area (TPSA) is 87.1 Å². The largest absolute Gasteiger partial charge is 0.494 e. The maximum atomic E-state index is 13.0. The molecule has 0 aliphatic carbocycles. The number of aliphatic hydroxyl groups is 2. The van der Waals surface area contributed by atoms with Crippen LogP contribution >= 0.6 is 15.9 Å². The molecule has 6 nitrogen and oxygen atoms in total. The first-order chi connectivity index (χ1) is 14.9. The van der Waals surface area contributed by atoms with Crippen LogP contribution in [-0.2, 0) is 9.84 Å². The lowest BCUT2D eigenvalue weighted by Gasteiger charge is -2.19. The van der Waals surface area contributed by atoms with Gasteiger partial charge in [-0.3, -0.25) is 4.90 Å². The Morgan fingerprint density at radius 3 is 2.29 bits per heavy atom. The number of unbranched alkanes of at least 4 members (excludes halogenated alkanes) is 1. The summed E-state index contributed by atoms with van der Waals surface area (Å²) in [5.41, 5.74) is 2.31. The molecular weight excluding hydrogens is 482 g/mol. The Labute approximate surface area is 192 Å². The number of ether oxygens (including phenoxy) is 1. The van der Waals surface area contributed by atoms with Crippen LogP contribution in [0.15, 0.2) is 56.7 Å². The Hall–Kier alpha value is -1.71. The fraction of sp³-hybridized carbons (Fsp3) is 0.391. The van der Waals surface area contributed by atoms with Crippen LogP contribution in [0.3, 0.4) is 0 Å². The van der Waals surface area contributed by atoms with Crippen LogP contribution in [-0.4, -0.2) is 63.0 Å². The van der Waals surface area contributed by atoms with E-state index in [1.807, 2.05) is 41.3 Å². The third-order valence-electron chi connectivity index (χ3n) is 5.37. The number of halogens is 1. The third-order valence-corrected chi connectivity index (χ3v) is 7.83. The third kappa shape index (κ3) is 5.56. The molecule has 0 saturated heterocycles. The lowest BCUT2D eigenvalue weighted by atomic mass is 9.98. The summed E-state index contributed by atoms with van der Waals surface area (Å²) in [5, 5.41) is 18.1. The fourth-order valence-corrected chi connectivity index (χ4v) is 5.55. The summed E-state index contributed by atoms with van der Waals surface area (Å²) in [6, 6.07) is 12.9. The minimum atomic E-state index is -3.54. The Kier molecular flexibility index (Phi) is 8.30. The Bertz CT molecular complexity index is 1030. The first kappa shape index (κ1) is 23.9. The zero-order chi connectivity index (χ0) is 22.4. The van der Waals surface area contributed by atoms with Crippen LogP contribution in [0.25, 0.3) is 5.57 Å². The van der Waals surface area contributed by atoms with E-state index in [9.17, 15) is 8.42 Å². The molecule has 1 aliphatic heterocycles. The number of nitrogens with zero attached hydrogens (tertiary/aromatic N) is 1. The van der Waals surface area contributed by atoms with E-state index in [0.29, 0.717) is 35.9 Å². The second-order valence-electron chi connectivity index (χ2n) is 7.44. The van der Waals surface area contributed by atoms with Crippen LogP contribution in [0.1, 0.15) is 30.9 Å². The summed E-state index contributed by atoms with van der Waals surface area (Å²) < 4.78 is 32.7. The molecule has 0 atom stereocenters. The van der Waals surface area contributed by atoms with Gasteiger partial charge in [0.2, 0.25) is 9.84 Å². The summed E-state index contributed by atoms with van der Waals surface area (Å²) in [6.45, 7) is 4.09. The van der Waals surface area contributed by atoms with Crippen molar-refractivity contribution in [1.29, 1.82) is 0 Å². The summed E-state index contributed by atoms with van der Waals surface area (Å²) in [7, 11) is -3.54. The van der Waals surface area contributed by atoms with E-state index in [1.54, 1.807) is 13.0 Å². The van der Waals surface area contributed by atoms with Crippen LogP contribution in [0, 0.1) is 0 Å². The number of hydrogen-bond donors (Lipinski definition) is 2. The second-order valence-corrected chi connectivity index (χ2v) is 10.4. The monoisotopic (exact) mass is 509 g/mol. The zero-order valence-electron chi connectivity index (χ0n) is 17.6. The van der Waals surface area contributed by atoms with Gasteiger partial charge < -0.3 is 14.9 Å². The van der Waals surface area contributed by atoms with Crippen molar-refractivity contribution in [3.05, 3.63) is 63.0 Å². The first-order valence-electron chi connectivity index (χ1n) is 10.3. The average molecular weight is 510 g/mol. The van der Waals surface area contributed by atoms with E-state index in [-0.39, 0.29) is 18.1 Å². The quantitative estimate of drug-likeness (QED) is 0.451. The van der Waals surface area contributed by atoms with Crippen molar-refractivity contribution >= 4 is 31.3 Å². The molecule has 0 saturated carbocycles. The molecule has 0 spiro atoms. The molecule has 2 aromatic rings. The molecule has 8 heteroatoms. The second kappa shape index (κ2) is 10.7. The van der Waals surface area contributed by atoms with Crippen molar-refractivity contribution in [3.8, 4) is 5.75 Å². The lowest BCUT2D eigenvalue weighted by Crippen LogP contribution is -2.31. The minimum absolute atomic E-state index is 0.0653. The standard InChI is InChI=1S/C23H28BrNO5S/c1-17-23(18-4-6-19(24)7-5-18)21-9-8-20(16-22(21)31(17,28)29)30-15-3-2-10-25(11-13-26)12-14-27/h4-9,16,26-27H,2-3,10-15H2,1H3. The van der Waals surface area contributed by atoms with Gasteiger partial charge in [0.05, 0.1) is 29.6 Å². The summed E-state index contributed by atoms with van der Waals surface area (Å²) >= 11 is 3.42. The van der Waals surface area contributed by atoms with E-state index < -0.39 is 9.84 Å². The van der Waals surface area contributed by atoms with Gasteiger partial charge in [-0.15, -0.1) is 0 Å². The Morgan fingerprint density at radius 2 is 1.65 bits per heavy atom. The molecule has 1 aliphatic rings. The highest BCUT2D eigenvalue weighted by Crippen LogP contribution is 2.43. The molecule has 2 N–H and O–H groups in total. The number of aliphatic hydroxyl groups excluding tert-OH is 2. The van der Waals surface area contributed by atoms with Gasteiger partial charge in [0.15, 0.2) is 0 Å². The normalized spacial score (nSPS) is 14.9. The molecule has 0 radical (unpaired) electrons. The molecule has 0 amide bonds. The number of fused-ring (bicyclic) bond motifs is 1. The fourth-order valence-electron chi connectivity index (χ4n) is 3.73. The number of sulfone groups is 1. The Balaban J connectivity index is 1.66. The molecule has 2 aromatic carbocycles. The highest BCUT2D eigenvalue weighted by molar-refractivity contribution is 9.10. The lowest BCUT2D eigenvalue weighted by molar-refractivity contribution is 0.157. The van der Waals surface area contributed by atoms with Crippen LogP contribution in [0.2, 0.25) is 0 Å². The van der Waals surface area contributed by atoms with Crippen molar-refractivity contribution in [3.63, 3.8) is 0 Å². The first-order valence-corrected chi connectivity index (χ1v) is 12.6. The maximum absolute atomic E-state index is 13.0. The molecule has 0 aromatic heterocycles. The predicted molar refractivity (Wildman–Crippen MR) is 125 cm³/mol. The smallest absolute Gasteiger partial charge is 0.203 e. The minimum Gasteiger partial charge on any atom is -0.494 e. The Morgan fingerprint density at radius 1 is 0.968 bits per heavy atom. The number of benzene rings is 2. The molecule has 0 bridgehead atoms. The summed E-state index contributed by atoms with van der Waals surface area (Å²) in [4.78, 5) is 2.65. The van der Waals surface area contributed by atoms with E-state index in [0.717, 1.165) is 35.0 Å². The molecule has 0 fully saturated rings. The number of rotatable bonds is 11. The molecule has 31 heavy (non-hydrogen) atoms. The molecule has 168 valence electrons. The van der Waals surface area contributed by atoms with Gasteiger partial charge in [-0.25, -0.2) is 8.42 Å². The summed E-state index contributed by atoms with van der Waals surface area (Å²) in [6.07, 6.45) is 1.65. The van der Waals surface area contributed by atoms with Gasteiger partial charge in [0.25, 0.3) is 0 Å². The molecule has 3 rings (SSSR count). The van der Waals surface area contributed by atoms with Gasteiger partial charge in [0, 0.05) is 28.7 Å². The highest BCUT2D eigenvalue weighted by atomic mass is 79.9. The van der Waals surface area contributed by atoms with Crippen molar-refractivity contribution in [2.45, 2.75) is 24.7 Å². The zero-order valence-corrected chi connectivity index (χ0v) is 20.0. The molecule has 1 heterocycles. The van der Waals surface area contributed by atoms with Crippen molar-refractivity contribution in [1.82, 2.24) is 4.90 Å². The van der Waals surface area contributed by atoms with Crippen LogP contribution in [0.5, 0.6) is 5.75 Å². The number of hydrogen-bond acceptors (Lipinski definition) is 6. The molecule has 0 unspecified atom stereocenters. The van der Waals surface area contributed by atoms with E-state index in [4.69, 9.17) is 14.9 Å². The predicted octanol–water partition coefficient (Wildman–Crippen LogP) is 3.46. The van der Waals surface area contributed by atoms with Gasteiger partial charge in [-0.05, 0) is 62.2 Å². The SMILES string of the molecule is CC1=C(c2ccc(Br)cc2)c2ccc(OCCCCN(CCO)CCO)cc2S1(=O)=O. The van der Waals surface area contributed by atoms with Gasteiger partial charge in [-0.1, -0.05) is 28.1 Å². The van der Waals surface area contributed by atoms with Crippen molar-refractivity contribution in [2.75, 3.05) is 39.5 Å². The van der Waals surface area contributed by atoms with Gasteiger partial charge >= 0.3 is 0 Å². The highest BCUT2D eigenvalue weighted by Gasteiger charge is 2.33. The molecular formula is C23H28BrNO5S. The maximum Gasteiger partial charge on any atom is 0.203 e. The van der Waals surface area contributed by atoms with Crippen molar-refractivity contribution in [2.24, 2.45) is 0 Å². The van der Waals surface area contributed by atoms with Gasteiger partial charge in [0.1, 0.15) is 5.75 Å². The van der Waals surface area contributed by atoms with Crippen LogP contribution in [0.4, 0.5) is 0 Å². The van der Waals surface area contributed by atoms with E-state index in [2.05, 4.69) is 15.9 Å². The van der Waals surface area contributed by atoms with E-state index in [1.165, 1.54) is 0 Å².